The molecule has 0 aliphatic carbocycles. The maximum absolute atomic E-state index is 14.1. The first-order valence-corrected chi connectivity index (χ1v) is 39.7. The van der Waals surface area contributed by atoms with E-state index in [0.29, 0.717) is 56.1 Å². The maximum atomic E-state index is 14.1. The number of amides is 6. The van der Waals surface area contributed by atoms with E-state index in [1.165, 1.54) is 185 Å². The van der Waals surface area contributed by atoms with Gasteiger partial charge in [0.15, 0.2) is 11.7 Å². The van der Waals surface area contributed by atoms with Crippen LogP contribution >= 0.6 is 0 Å². The van der Waals surface area contributed by atoms with Gasteiger partial charge in [-0.25, -0.2) is 0 Å². The minimum atomic E-state index is -1.62. The topological polar surface area (TPSA) is 334 Å². The third kappa shape index (κ3) is 44.0. The van der Waals surface area contributed by atoms with E-state index in [1.54, 1.807) is 60.7 Å². The number of anilines is 1. The Hall–Kier alpha value is -7.89. The summed E-state index contributed by atoms with van der Waals surface area (Å²) in [7, 11) is 0. The highest BCUT2D eigenvalue weighted by Gasteiger charge is 2.33. The van der Waals surface area contributed by atoms with Crippen LogP contribution in [0.25, 0.3) is 6.08 Å². The number of carboxylic acid groups (broad SMARTS) is 1. The molecule has 105 heavy (non-hydrogen) atoms. The summed E-state index contributed by atoms with van der Waals surface area (Å²) in [5.74, 6) is -5.56. The number of rotatable bonds is 59. The van der Waals surface area contributed by atoms with E-state index in [1.807, 2.05) is 6.08 Å². The zero-order chi connectivity index (χ0) is 75.6. The average Bonchev–Trinajstić information content (AvgIpc) is 1.78. The van der Waals surface area contributed by atoms with Crippen molar-refractivity contribution in [3.05, 3.63) is 102 Å². The molecule has 23 heteroatoms. The quantitative estimate of drug-likeness (QED) is 0.00833. The Balaban J connectivity index is 1.13. The molecule has 1 heterocycles. The van der Waals surface area contributed by atoms with E-state index in [2.05, 4.69) is 79.9 Å². The average molecular weight is 1460 g/mol. The zero-order valence-electron chi connectivity index (χ0n) is 63.6. The van der Waals surface area contributed by atoms with Crippen molar-refractivity contribution in [3.63, 3.8) is 0 Å². The molecule has 6 amide bonds. The Morgan fingerprint density at radius 1 is 0.524 bits per heavy atom. The highest BCUT2D eigenvalue weighted by atomic mass is 16.6. The number of guanidine groups is 1. The standard InChI is InChI=1S/C82H130N10O13/c1-3-5-7-9-11-13-15-17-19-21-23-25-27-34-53-92(54-35-28-26-24-22-20-18-16-14-12-10-8-6-4-2)68-46-41-65(42-47-68)43-50-74(93)67-44-48-69(49-45-67)105-60-59-103-56-55-102-57-58-104-64-76(95)85-51-33-32-39-71-79(99)89-70(40-36-52-86-82(83)84)78(98)87-63-75(94)88-73(62-77(96)97)81(101)91-72(80(100)90-71)61-66-37-30-29-31-38-66/h29-31,37-38,41-50,70-73H,3-28,32-36,39-40,51-64H2,1-2H3,(H,85,95)(H,87,98)(H,88,94)(H,89,99)(H,90,100)(H,91,101)(H,96,97)(H4,83,84,86)/b50-43+/t70-,71-,72+,73-/m0/s1. The van der Waals surface area contributed by atoms with Crippen LogP contribution in [0.3, 0.4) is 0 Å². The Morgan fingerprint density at radius 3 is 1.53 bits per heavy atom. The molecule has 1 aliphatic rings. The van der Waals surface area contributed by atoms with E-state index in [0.717, 1.165) is 18.7 Å². The number of allylic oxidation sites excluding steroid dienone is 1. The zero-order valence-corrected chi connectivity index (χ0v) is 63.6. The van der Waals surface area contributed by atoms with Crippen molar-refractivity contribution < 1.29 is 62.4 Å². The predicted octanol–water partition coefficient (Wildman–Crippen LogP) is 11.9. The second-order valence-electron chi connectivity index (χ2n) is 27.7. The molecule has 4 atom stereocenters. The lowest BCUT2D eigenvalue weighted by Gasteiger charge is -2.26. The Kier molecular flexibility index (Phi) is 49.7. The maximum Gasteiger partial charge on any atom is 0.305 e. The van der Waals surface area contributed by atoms with Gasteiger partial charge in [-0.15, -0.1) is 0 Å². The van der Waals surface area contributed by atoms with Crippen molar-refractivity contribution >= 4 is 64.9 Å². The van der Waals surface area contributed by atoms with Gasteiger partial charge in [0, 0.05) is 43.9 Å². The van der Waals surface area contributed by atoms with Gasteiger partial charge in [-0.2, -0.15) is 0 Å². The van der Waals surface area contributed by atoms with Gasteiger partial charge < -0.3 is 72.3 Å². The first kappa shape index (κ1) is 89.5. The number of unbranched alkanes of at least 4 members (excludes halogenated alkanes) is 27. The predicted molar refractivity (Wildman–Crippen MR) is 417 cm³/mol. The van der Waals surface area contributed by atoms with Gasteiger partial charge >= 0.3 is 5.97 Å². The molecule has 3 aromatic rings. The van der Waals surface area contributed by atoms with Gasteiger partial charge in [-0.3, -0.25) is 43.3 Å². The minimum Gasteiger partial charge on any atom is -0.491 e. The number of aliphatic imine (C=N–C) groups is 1. The van der Waals surface area contributed by atoms with E-state index >= 15 is 0 Å². The first-order valence-electron chi connectivity index (χ1n) is 39.7. The van der Waals surface area contributed by atoms with Crippen LogP contribution in [0.1, 0.15) is 254 Å². The second-order valence-corrected chi connectivity index (χ2v) is 27.7. The number of benzene rings is 3. The highest BCUT2D eigenvalue weighted by Crippen LogP contribution is 2.22. The van der Waals surface area contributed by atoms with Crippen molar-refractivity contribution in [3.8, 4) is 5.75 Å². The third-order valence-electron chi connectivity index (χ3n) is 18.7. The van der Waals surface area contributed by atoms with Gasteiger partial charge in [-0.05, 0) is 98.5 Å². The van der Waals surface area contributed by atoms with E-state index < -0.39 is 72.6 Å². The van der Waals surface area contributed by atoms with Crippen LogP contribution in [0, 0.1) is 0 Å². The van der Waals surface area contributed by atoms with Crippen LogP contribution in [0.5, 0.6) is 5.75 Å². The van der Waals surface area contributed by atoms with E-state index in [-0.39, 0.29) is 76.2 Å². The summed E-state index contributed by atoms with van der Waals surface area (Å²) in [6.07, 6.45) is 41.7. The molecule has 23 nitrogen and oxygen atoms in total. The molecule has 0 aromatic heterocycles. The number of nitrogens with two attached hydrogens (primary N) is 2. The van der Waals surface area contributed by atoms with E-state index in [9.17, 15) is 43.5 Å². The van der Waals surface area contributed by atoms with Crippen molar-refractivity contribution in [2.75, 3.05) is 83.9 Å². The monoisotopic (exact) mass is 1460 g/mol. The Bertz CT molecular complexity index is 2900. The molecule has 1 saturated heterocycles. The van der Waals surface area contributed by atoms with E-state index in [4.69, 9.17) is 30.4 Å². The molecule has 0 spiro atoms. The SMILES string of the molecule is CCCCCCCCCCCCCCCCN(CCCCCCCCCCCCCCCC)c1ccc(/C=C/C(=O)c2ccc(OCCOCCOCCOCC(=O)NCCCC[C@@H]3NC(=O)[C@@H](Cc4ccccc4)NC(=O)[C@H](CC(=O)O)NC(=O)CNC(=O)[C@H](CCCN=C(N)N)NC3=O)cc2)cc1. The number of carbonyl (C=O) groups excluding carboxylic acids is 7. The summed E-state index contributed by atoms with van der Waals surface area (Å²) in [6.45, 7) is 7.75. The summed E-state index contributed by atoms with van der Waals surface area (Å²) >= 11 is 0. The van der Waals surface area contributed by atoms with Crippen LogP contribution in [0.4, 0.5) is 5.69 Å². The third-order valence-corrected chi connectivity index (χ3v) is 18.7. The van der Waals surface area contributed by atoms with Gasteiger partial charge in [0.05, 0.1) is 46.0 Å². The van der Waals surface area contributed by atoms with Gasteiger partial charge in [0.25, 0.3) is 0 Å². The molecular weight excluding hydrogens is 1330 g/mol. The number of nitrogens with zero attached hydrogens (tertiary/aromatic N) is 2. The van der Waals surface area contributed by atoms with Crippen LogP contribution in [-0.4, -0.2) is 161 Å². The Morgan fingerprint density at radius 2 is 1.00 bits per heavy atom. The molecule has 0 bridgehead atoms. The minimum absolute atomic E-state index is 0.0255. The fourth-order valence-corrected chi connectivity index (χ4v) is 12.6. The van der Waals surface area contributed by atoms with Crippen molar-refractivity contribution in [2.45, 2.75) is 263 Å². The summed E-state index contributed by atoms with van der Waals surface area (Å²) in [4.78, 5) is 112. The summed E-state index contributed by atoms with van der Waals surface area (Å²) in [6, 6.07) is 19.0. The molecular formula is C82H130N10O13. The molecule has 0 saturated carbocycles. The highest BCUT2D eigenvalue weighted by molar-refractivity contribution is 6.07. The largest absolute Gasteiger partial charge is 0.491 e. The van der Waals surface area contributed by atoms with Gasteiger partial charge in [-0.1, -0.05) is 229 Å². The summed E-state index contributed by atoms with van der Waals surface area (Å²) in [5, 5.41) is 25.0. The lowest BCUT2D eigenvalue weighted by molar-refractivity contribution is -0.141. The molecule has 1 fully saturated rings. The van der Waals surface area contributed by atoms with Crippen LogP contribution in [0.15, 0.2) is 89.9 Å². The fourth-order valence-electron chi connectivity index (χ4n) is 12.6. The summed E-state index contributed by atoms with van der Waals surface area (Å²) in [5.41, 5.74) is 14.4. The van der Waals surface area contributed by atoms with Crippen molar-refractivity contribution in [2.24, 2.45) is 16.5 Å². The lowest BCUT2D eigenvalue weighted by atomic mass is 10.0. The smallest absolute Gasteiger partial charge is 0.305 e. The molecule has 586 valence electrons. The Labute approximate surface area is 626 Å². The number of hydrogen-bond donors (Lipinski definition) is 9. The number of ether oxygens (including phenoxy) is 4. The number of aliphatic carboxylic acids is 1. The number of carboxylic acids is 1. The summed E-state index contributed by atoms with van der Waals surface area (Å²) < 4.78 is 22.6. The molecule has 0 radical (unpaired) electrons. The fraction of sp³-hybridized carbons (Fsp3) is 0.646. The second kappa shape index (κ2) is 58.3. The van der Waals surface area contributed by atoms with Gasteiger partial charge in [0.1, 0.15) is 43.1 Å². The first-order chi connectivity index (χ1) is 51.1. The van der Waals surface area contributed by atoms with Crippen LogP contribution in [-0.2, 0) is 54.2 Å². The van der Waals surface area contributed by atoms with Gasteiger partial charge in [0.2, 0.25) is 35.4 Å². The molecule has 4 rings (SSSR count). The number of carbonyl (C=O) groups is 8. The lowest BCUT2D eigenvalue weighted by Crippen LogP contribution is -2.58. The van der Waals surface area contributed by atoms with Crippen molar-refractivity contribution in [1.29, 1.82) is 0 Å². The number of nitrogens with one attached hydrogen (secondary N) is 6. The molecule has 3 aromatic carbocycles. The van der Waals surface area contributed by atoms with Crippen LogP contribution < -0.4 is 53.0 Å². The molecule has 11 N–H and O–H groups in total. The molecule has 0 unspecified atom stereocenters. The van der Waals surface area contributed by atoms with Crippen LogP contribution in [0.2, 0.25) is 0 Å². The number of ketones is 1. The van der Waals surface area contributed by atoms with Crippen molar-refractivity contribution in [1.82, 2.24) is 31.9 Å². The number of hydrogen-bond acceptors (Lipinski definition) is 14. The molecule has 1 aliphatic heterocycles. The normalized spacial score (nSPS) is 15.9.